The molecule has 0 saturated carbocycles. The third-order valence-electron chi connectivity index (χ3n) is 1.61. The van der Waals surface area contributed by atoms with Crippen molar-refractivity contribution < 1.29 is 39.6 Å². The third kappa shape index (κ3) is 5.92. The van der Waals surface area contributed by atoms with Crippen LogP contribution in [0.3, 0.4) is 0 Å². The molecule has 0 aliphatic heterocycles. The van der Waals surface area contributed by atoms with E-state index in [-0.39, 0.29) is 11.4 Å². The Hall–Kier alpha value is 0.01000. The number of aliphatic hydroxyl groups excluding tert-OH is 4. The Kier molecular flexibility index (Phi) is 6.68. The lowest BCUT2D eigenvalue weighted by molar-refractivity contribution is -0.137. The van der Waals surface area contributed by atoms with Crippen LogP contribution in [-0.2, 0) is 9.36 Å². The van der Waals surface area contributed by atoms with E-state index in [1.54, 1.807) is 0 Å². The van der Waals surface area contributed by atoms with Gasteiger partial charge in [-0.1, -0.05) is 0 Å². The minimum Gasteiger partial charge on any atom is -0.394 e. The van der Waals surface area contributed by atoms with E-state index < -0.39 is 43.3 Å². The van der Waals surface area contributed by atoms with Crippen LogP contribution in [0.5, 0.6) is 0 Å². The largest absolute Gasteiger partial charge is 0.394 e. The van der Waals surface area contributed by atoms with Crippen molar-refractivity contribution in [3.05, 3.63) is 0 Å². The zero-order chi connectivity index (χ0) is 12.9. The molecule has 0 bridgehead atoms. The molecule has 0 amide bonds. The molecular formula is C6H13O8PS. The number of carbonyl (C=O) groups is 1. The number of carbonyl (C=O) groups excluding carboxylic acids is 1. The zero-order valence-electron chi connectivity index (χ0n) is 8.00. The molecule has 0 saturated heterocycles. The highest BCUT2D eigenvalue weighted by Gasteiger charge is 2.30. The van der Waals surface area contributed by atoms with Crippen LogP contribution in [0.1, 0.15) is 0 Å². The van der Waals surface area contributed by atoms with E-state index in [4.69, 9.17) is 30.2 Å². The van der Waals surface area contributed by atoms with Gasteiger partial charge in [-0.2, -0.15) is 0 Å². The summed E-state index contributed by atoms with van der Waals surface area (Å²) in [4.78, 5) is 27.9. The summed E-state index contributed by atoms with van der Waals surface area (Å²) in [5.74, 6) is -1.76. The molecule has 6 N–H and O–H groups in total. The Labute approximate surface area is 94.8 Å². The molecule has 0 radical (unpaired) electrons. The minimum atomic E-state index is -4.43. The second-order valence-electron chi connectivity index (χ2n) is 2.92. The highest BCUT2D eigenvalue weighted by atomic mass is 32.7. The summed E-state index contributed by atoms with van der Waals surface area (Å²) in [5.41, 5.74) is 0. The van der Waals surface area contributed by atoms with E-state index >= 15 is 0 Å². The van der Waals surface area contributed by atoms with Crippen LogP contribution in [0, 0.1) is 0 Å². The fourth-order valence-corrected chi connectivity index (χ4v) is 2.09. The molecule has 3 atom stereocenters. The van der Waals surface area contributed by atoms with Gasteiger partial charge in [0.25, 0.3) is 0 Å². The normalized spacial score (nSPS) is 17.9. The predicted molar refractivity (Wildman–Crippen MR) is 54.6 cm³/mol. The van der Waals surface area contributed by atoms with Crippen LogP contribution in [-0.4, -0.2) is 66.7 Å². The molecule has 0 aromatic heterocycles. The van der Waals surface area contributed by atoms with Crippen molar-refractivity contribution in [2.75, 3.05) is 12.4 Å². The lowest BCUT2D eigenvalue weighted by Crippen LogP contribution is -2.44. The Morgan fingerprint density at radius 3 is 2.12 bits per heavy atom. The number of hydrogen-bond donors (Lipinski definition) is 6. The summed E-state index contributed by atoms with van der Waals surface area (Å²) in [6.07, 6.45) is -5.59. The van der Waals surface area contributed by atoms with Gasteiger partial charge < -0.3 is 30.2 Å². The fourth-order valence-electron chi connectivity index (χ4n) is 0.742. The average Bonchev–Trinajstić information content (AvgIpc) is 2.21. The first-order valence-corrected chi connectivity index (χ1v) is 7.27. The molecule has 0 aromatic carbocycles. The standard InChI is InChI=1S/C6H13O8PS/c7-1-3(8)5(10)6(11)4(9)2-16-15(12,13)14/h3,5-8,10-11H,1-2H2,(H2,12,13,14)/t3-,5?,6?/m1/s1. The van der Waals surface area contributed by atoms with Gasteiger partial charge in [0.15, 0.2) is 5.78 Å². The summed E-state index contributed by atoms with van der Waals surface area (Å²) in [6.45, 7) is -5.28. The van der Waals surface area contributed by atoms with Crippen molar-refractivity contribution in [1.29, 1.82) is 0 Å². The number of aliphatic hydroxyl groups is 4. The van der Waals surface area contributed by atoms with Crippen molar-refractivity contribution in [2.45, 2.75) is 18.3 Å². The van der Waals surface area contributed by atoms with Crippen molar-refractivity contribution in [3.63, 3.8) is 0 Å². The van der Waals surface area contributed by atoms with E-state index in [2.05, 4.69) is 0 Å². The van der Waals surface area contributed by atoms with E-state index in [0.717, 1.165) is 0 Å². The molecule has 0 fully saturated rings. The Morgan fingerprint density at radius 2 is 1.75 bits per heavy atom. The van der Waals surface area contributed by atoms with Crippen molar-refractivity contribution in [3.8, 4) is 0 Å². The quantitative estimate of drug-likeness (QED) is 0.276. The molecule has 16 heavy (non-hydrogen) atoms. The highest BCUT2D eigenvalue weighted by molar-refractivity contribution is 8.54. The van der Waals surface area contributed by atoms with Gasteiger partial charge in [-0.05, 0) is 11.4 Å². The topological polar surface area (TPSA) is 156 Å². The maximum absolute atomic E-state index is 11.1. The van der Waals surface area contributed by atoms with E-state index in [1.165, 1.54) is 0 Å². The average molecular weight is 276 g/mol. The Balaban J connectivity index is 4.23. The number of hydrogen-bond acceptors (Lipinski definition) is 7. The minimum absolute atomic E-state index is 0.00861. The van der Waals surface area contributed by atoms with Crippen LogP contribution in [0.25, 0.3) is 0 Å². The first-order chi connectivity index (χ1) is 7.19. The SMILES string of the molecule is O=C(CSP(=O)(O)O)C(O)C(O)[C@H](O)CO. The van der Waals surface area contributed by atoms with Crippen LogP contribution < -0.4 is 0 Å². The molecule has 0 spiro atoms. The molecular weight excluding hydrogens is 263 g/mol. The molecule has 0 heterocycles. The molecule has 0 rings (SSSR count). The van der Waals surface area contributed by atoms with Gasteiger partial charge >= 0.3 is 6.80 Å². The number of ketones is 1. The maximum atomic E-state index is 11.1. The summed E-state index contributed by atoms with van der Waals surface area (Å²) in [6, 6.07) is 0. The van der Waals surface area contributed by atoms with E-state index in [1.807, 2.05) is 0 Å². The first-order valence-electron chi connectivity index (χ1n) is 4.07. The molecule has 0 aromatic rings. The van der Waals surface area contributed by atoms with Crippen LogP contribution in [0.2, 0.25) is 0 Å². The second-order valence-corrected chi connectivity index (χ2v) is 6.65. The Bertz CT molecular complexity index is 278. The van der Waals surface area contributed by atoms with Crippen LogP contribution in [0.15, 0.2) is 0 Å². The zero-order valence-corrected chi connectivity index (χ0v) is 9.71. The van der Waals surface area contributed by atoms with Gasteiger partial charge in [0.05, 0.1) is 12.4 Å². The van der Waals surface area contributed by atoms with Gasteiger partial charge in [0, 0.05) is 0 Å². The van der Waals surface area contributed by atoms with Crippen LogP contribution in [0.4, 0.5) is 0 Å². The number of rotatable bonds is 7. The van der Waals surface area contributed by atoms with E-state index in [0.29, 0.717) is 0 Å². The van der Waals surface area contributed by atoms with Gasteiger partial charge in [-0.3, -0.25) is 4.79 Å². The van der Waals surface area contributed by atoms with Crippen LogP contribution >= 0.6 is 18.2 Å². The van der Waals surface area contributed by atoms with E-state index in [9.17, 15) is 9.36 Å². The molecule has 2 unspecified atom stereocenters. The van der Waals surface area contributed by atoms with Gasteiger partial charge in [-0.15, -0.1) is 0 Å². The molecule has 8 nitrogen and oxygen atoms in total. The third-order valence-corrected chi connectivity index (χ3v) is 3.76. The maximum Gasteiger partial charge on any atom is 0.384 e. The smallest absolute Gasteiger partial charge is 0.384 e. The lowest BCUT2D eigenvalue weighted by Gasteiger charge is -2.20. The van der Waals surface area contributed by atoms with Gasteiger partial charge in [-0.25, -0.2) is 4.57 Å². The lowest BCUT2D eigenvalue weighted by atomic mass is 10.1. The van der Waals surface area contributed by atoms with Crippen molar-refractivity contribution >= 4 is 24.0 Å². The summed E-state index contributed by atoms with van der Waals surface area (Å²) >= 11 is 0.00861. The van der Waals surface area contributed by atoms with Crippen molar-refractivity contribution in [1.82, 2.24) is 0 Å². The molecule has 0 aliphatic rings. The van der Waals surface area contributed by atoms with Gasteiger partial charge in [0.2, 0.25) is 0 Å². The summed E-state index contributed by atoms with van der Waals surface area (Å²) in [7, 11) is 0. The monoisotopic (exact) mass is 276 g/mol. The molecule has 0 aliphatic carbocycles. The predicted octanol–water partition coefficient (Wildman–Crippen LogP) is -2.54. The molecule has 10 heteroatoms. The van der Waals surface area contributed by atoms with Crippen molar-refractivity contribution in [2.24, 2.45) is 0 Å². The fraction of sp³-hybridized carbons (Fsp3) is 0.833. The van der Waals surface area contributed by atoms with Gasteiger partial charge in [0.1, 0.15) is 18.3 Å². The molecule has 96 valence electrons. The highest BCUT2D eigenvalue weighted by Crippen LogP contribution is 2.49. The summed E-state index contributed by atoms with van der Waals surface area (Å²) in [5, 5.41) is 35.6. The number of Topliss-reactive ketones (excluding diaryl/α,β-unsaturated/α-hetero) is 1. The Morgan fingerprint density at radius 1 is 1.25 bits per heavy atom. The summed E-state index contributed by atoms with van der Waals surface area (Å²) < 4.78 is 10.4. The second kappa shape index (κ2) is 6.67. The first kappa shape index (κ1) is 16.0.